The van der Waals surface area contributed by atoms with E-state index >= 15 is 0 Å². The largest absolute Gasteiger partial charge is 0.361 e. The summed E-state index contributed by atoms with van der Waals surface area (Å²) in [5.74, 6) is -1.16. The van der Waals surface area contributed by atoms with Gasteiger partial charge in [-0.1, -0.05) is 6.07 Å². The number of aromatic amines is 1. The normalized spacial score (nSPS) is 10.9. The van der Waals surface area contributed by atoms with E-state index in [-0.39, 0.29) is 0 Å². The Labute approximate surface area is 96.7 Å². The Hall–Kier alpha value is -2.16. The maximum atomic E-state index is 13.2. The van der Waals surface area contributed by atoms with Crippen molar-refractivity contribution < 1.29 is 8.78 Å². The summed E-state index contributed by atoms with van der Waals surface area (Å²) in [6, 6.07) is 12.0. The molecule has 1 N–H and O–H groups in total. The number of rotatable bonds is 1. The first kappa shape index (κ1) is 10.0. The molecule has 0 unspecified atom stereocenters. The predicted molar refractivity (Wildman–Crippen MR) is 62.5 cm³/mol. The molecule has 0 saturated carbocycles. The Kier molecular flexibility index (Phi) is 2.18. The molecule has 1 radical (unpaired) electrons. The van der Waals surface area contributed by atoms with E-state index in [1.807, 2.05) is 12.1 Å². The second-order valence-corrected chi connectivity index (χ2v) is 3.82. The Balaban J connectivity index is 2.30. The number of aromatic nitrogens is 1. The molecule has 0 fully saturated rings. The zero-order valence-electron chi connectivity index (χ0n) is 8.80. The summed E-state index contributed by atoms with van der Waals surface area (Å²) in [4.78, 5) is 3.05. The Morgan fingerprint density at radius 2 is 1.76 bits per heavy atom. The maximum absolute atomic E-state index is 13.2. The van der Waals surface area contributed by atoms with E-state index in [0.717, 1.165) is 17.0 Å². The molecule has 17 heavy (non-hydrogen) atoms. The third kappa shape index (κ3) is 1.69. The summed E-state index contributed by atoms with van der Waals surface area (Å²) in [6.07, 6.45) is 1.79. The smallest absolute Gasteiger partial charge is 0.126 e. The standard InChI is InChI=1S/C14H8F2N/c15-10-6-9(7-11(16)8-10)12-2-1-3-14-13(12)4-5-17-14/h1,3-8,17H. The third-order valence-electron chi connectivity index (χ3n) is 2.68. The molecular formula is C14H8F2N. The van der Waals surface area contributed by atoms with Gasteiger partial charge in [0.2, 0.25) is 0 Å². The van der Waals surface area contributed by atoms with Crippen LogP contribution in [0.3, 0.4) is 0 Å². The number of H-pyrrole nitrogens is 1. The van der Waals surface area contributed by atoms with Crippen LogP contribution in [0.15, 0.2) is 42.6 Å². The van der Waals surface area contributed by atoms with Crippen LogP contribution in [0.25, 0.3) is 22.0 Å². The van der Waals surface area contributed by atoms with Crippen molar-refractivity contribution in [3.8, 4) is 11.1 Å². The molecule has 1 nitrogen and oxygen atoms in total. The fourth-order valence-corrected chi connectivity index (χ4v) is 1.96. The molecule has 3 aromatic rings. The van der Waals surface area contributed by atoms with Crippen LogP contribution in [0.5, 0.6) is 0 Å². The first-order chi connectivity index (χ1) is 8.24. The van der Waals surface area contributed by atoms with Crippen molar-refractivity contribution in [3.63, 3.8) is 0 Å². The highest BCUT2D eigenvalue weighted by Crippen LogP contribution is 2.28. The second kappa shape index (κ2) is 3.70. The number of nitrogens with one attached hydrogen (secondary N) is 1. The third-order valence-corrected chi connectivity index (χ3v) is 2.68. The van der Waals surface area contributed by atoms with E-state index in [2.05, 4.69) is 11.1 Å². The lowest BCUT2D eigenvalue weighted by Crippen LogP contribution is -1.85. The fourth-order valence-electron chi connectivity index (χ4n) is 1.96. The minimum atomic E-state index is -0.582. The van der Waals surface area contributed by atoms with Gasteiger partial charge in [-0.05, 0) is 41.5 Å². The van der Waals surface area contributed by atoms with E-state index in [1.165, 1.54) is 12.1 Å². The lowest BCUT2D eigenvalue weighted by Gasteiger charge is -2.04. The average Bonchev–Trinajstić information content (AvgIpc) is 2.75. The van der Waals surface area contributed by atoms with Crippen LogP contribution < -0.4 is 0 Å². The van der Waals surface area contributed by atoms with Crippen LogP contribution in [0, 0.1) is 17.7 Å². The predicted octanol–water partition coefficient (Wildman–Crippen LogP) is 3.91. The molecule has 0 aliphatic heterocycles. The molecule has 1 heterocycles. The lowest BCUT2D eigenvalue weighted by molar-refractivity contribution is 0.584. The summed E-state index contributed by atoms with van der Waals surface area (Å²) >= 11 is 0. The molecule has 0 spiro atoms. The van der Waals surface area contributed by atoms with Gasteiger partial charge in [0.25, 0.3) is 0 Å². The van der Waals surface area contributed by atoms with Crippen LogP contribution in [0.1, 0.15) is 0 Å². The van der Waals surface area contributed by atoms with Gasteiger partial charge in [-0.3, -0.25) is 0 Å². The summed E-state index contributed by atoms with van der Waals surface area (Å²) in [5.41, 5.74) is 2.11. The van der Waals surface area contributed by atoms with Crippen molar-refractivity contribution in [3.05, 3.63) is 60.3 Å². The molecule has 0 atom stereocenters. The maximum Gasteiger partial charge on any atom is 0.126 e. The first-order valence-electron chi connectivity index (χ1n) is 5.18. The van der Waals surface area contributed by atoms with E-state index in [4.69, 9.17) is 0 Å². The van der Waals surface area contributed by atoms with Crippen molar-refractivity contribution in [2.75, 3.05) is 0 Å². The van der Waals surface area contributed by atoms with Crippen LogP contribution in [0.4, 0.5) is 8.78 Å². The van der Waals surface area contributed by atoms with Crippen molar-refractivity contribution in [1.82, 2.24) is 4.98 Å². The van der Waals surface area contributed by atoms with Crippen LogP contribution in [-0.4, -0.2) is 4.98 Å². The molecule has 0 amide bonds. The monoisotopic (exact) mass is 228 g/mol. The Morgan fingerprint density at radius 1 is 1.00 bits per heavy atom. The summed E-state index contributed by atoms with van der Waals surface area (Å²) in [5, 5.41) is 0.900. The first-order valence-corrected chi connectivity index (χ1v) is 5.18. The molecule has 1 aromatic heterocycles. The molecule has 0 bridgehead atoms. The van der Waals surface area contributed by atoms with Gasteiger partial charge in [0.05, 0.1) is 0 Å². The Bertz CT molecular complexity index is 665. The molecule has 0 aliphatic rings. The van der Waals surface area contributed by atoms with Crippen LogP contribution >= 0.6 is 0 Å². The van der Waals surface area contributed by atoms with Gasteiger partial charge in [0.15, 0.2) is 0 Å². The van der Waals surface area contributed by atoms with Gasteiger partial charge in [-0.15, -0.1) is 0 Å². The summed E-state index contributed by atoms with van der Waals surface area (Å²) in [6.45, 7) is 0. The van der Waals surface area contributed by atoms with Crippen molar-refractivity contribution in [2.24, 2.45) is 0 Å². The van der Waals surface area contributed by atoms with Gasteiger partial charge < -0.3 is 4.98 Å². The highest BCUT2D eigenvalue weighted by molar-refractivity contribution is 5.94. The van der Waals surface area contributed by atoms with Crippen molar-refractivity contribution in [2.45, 2.75) is 0 Å². The van der Waals surface area contributed by atoms with E-state index < -0.39 is 11.6 Å². The second-order valence-electron chi connectivity index (χ2n) is 3.82. The topological polar surface area (TPSA) is 15.8 Å². The lowest BCUT2D eigenvalue weighted by atomic mass is 10.0. The highest BCUT2D eigenvalue weighted by Gasteiger charge is 2.07. The summed E-state index contributed by atoms with van der Waals surface area (Å²) in [7, 11) is 0. The van der Waals surface area contributed by atoms with E-state index in [0.29, 0.717) is 11.1 Å². The van der Waals surface area contributed by atoms with Crippen molar-refractivity contribution >= 4 is 10.9 Å². The van der Waals surface area contributed by atoms with Crippen LogP contribution in [-0.2, 0) is 0 Å². The van der Waals surface area contributed by atoms with Gasteiger partial charge in [-0.2, -0.15) is 0 Å². The number of hydrogen-bond donors (Lipinski definition) is 1. The van der Waals surface area contributed by atoms with E-state index in [1.54, 1.807) is 12.3 Å². The molecule has 0 aliphatic carbocycles. The zero-order valence-corrected chi connectivity index (χ0v) is 8.80. The number of fused-ring (bicyclic) bond motifs is 1. The number of halogens is 2. The average molecular weight is 228 g/mol. The number of hydrogen-bond acceptors (Lipinski definition) is 0. The minimum absolute atomic E-state index is 0.493. The van der Waals surface area contributed by atoms with Gasteiger partial charge >= 0.3 is 0 Å². The van der Waals surface area contributed by atoms with Gasteiger partial charge in [-0.25, -0.2) is 8.78 Å². The molecule has 3 rings (SSSR count). The van der Waals surface area contributed by atoms with Crippen molar-refractivity contribution in [1.29, 1.82) is 0 Å². The molecule has 83 valence electrons. The number of benzene rings is 2. The molecule has 3 heteroatoms. The van der Waals surface area contributed by atoms with Gasteiger partial charge in [0.1, 0.15) is 11.6 Å². The molecule has 2 aromatic carbocycles. The molecular weight excluding hydrogens is 220 g/mol. The minimum Gasteiger partial charge on any atom is -0.361 e. The Morgan fingerprint density at radius 3 is 2.53 bits per heavy atom. The molecule has 0 saturated heterocycles. The summed E-state index contributed by atoms with van der Waals surface area (Å²) < 4.78 is 26.4. The van der Waals surface area contributed by atoms with E-state index in [9.17, 15) is 8.78 Å². The van der Waals surface area contributed by atoms with Gasteiger partial charge in [0, 0.05) is 23.2 Å². The SMILES string of the molecule is Fc1cc(F)cc(-c2[c]ccc3[nH]ccc23)c1. The zero-order chi connectivity index (χ0) is 11.8. The van der Waals surface area contributed by atoms with Crippen LogP contribution in [0.2, 0.25) is 0 Å². The highest BCUT2D eigenvalue weighted by atomic mass is 19.1. The fraction of sp³-hybridized carbons (Fsp3) is 0. The quantitative estimate of drug-likeness (QED) is 0.649.